The summed E-state index contributed by atoms with van der Waals surface area (Å²) in [5, 5.41) is 0. The number of benzene rings is 1. The Morgan fingerprint density at radius 2 is 1.45 bits per heavy atom. The van der Waals surface area contributed by atoms with Crippen molar-refractivity contribution >= 4 is 17.9 Å². The van der Waals surface area contributed by atoms with Crippen molar-refractivity contribution in [1.82, 2.24) is 14.7 Å². The fourth-order valence-corrected chi connectivity index (χ4v) is 4.64. The molecule has 0 N–H and O–H groups in total. The van der Waals surface area contributed by atoms with E-state index < -0.39 is 0 Å². The highest BCUT2D eigenvalue weighted by Crippen LogP contribution is 2.35. The molecule has 5 nitrogen and oxygen atoms in total. The highest BCUT2D eigenvalue weighted by molar-refractivity contribution is 6.05. The third kappa shape index (κ3) is 4.85. The Bertz CT molecular complexity index is 740. The van der Waals surface area contributed by atoms with Crippen LogP contribution in [0, 0.1) is 11.8 Å². The van der Waals surface area contributed by atoms with Gasteiger partial charge in [-0.05, 0) is 31.4 Å². The van der Waals surface area contributed by atoms with Gasteiger partial charge in [0.1, 0.15) is 0 Å². The lowest BCUT2D eigenvalue weighted by atomic mass is 9.85. The van der Waals surface area contributed by atoms with E-state index in [1.165, 1.54) is 10.5 Å². The minimum atomic E-state index is -0.0972. The Morgan fingerprint density at radius 1 is 0.828 bits per heavy atom. The summed E-state index contributed by atoms with van der Waals surface area (Å²) in [6, 6.07) is 10.4. The van der Waals surface area contributed by atoms with E-state index in [0.717, 1.165) is 58.5 Å². The van der Waals surface area contributed by atoms with Crippen LogP contribution in [-0.4, -0.2) is 72.3 Å². The van der Waals surface area contributed by atoms with Crippen LogP contribution in [0.1, 0.15) is 24.8 Å². The monoisotopic (exact) mass is 393 g/mol. The van der Waals surface area contributed by atoms with Crippen LogP contribution in [0.4, 0.5) is 0 Å². The van der Waals surface area contributed by atoms with E-state index in [1.54, 1.807) is 0 Å². The summed E-state index contributed by atoms with van der Waals surface area (Å²) in [5.41, 5.74) is 1.24. The molecule has 2 unspecified atom stereocenters. The summed E-state index contributed by atoms with van der Waals surface area (Å²) in [6.07, 6.45) is 10.8. The minimum Gasteiger partial charge on any atom is -0.301 e. The topological polar surface area (TPSA) is 43.9 Å². The predicted molar refractivity (Wildman–Crippen MR) is 115 cm³/mol. The molecular weight excluding hydrogens is 362 g/mol. The maximum atomic E-state index is 12.5. The molecule has 2 atom stereocenters. The Hall–Kier alpha value is -2.24. The number of rotatable bonds is 7. The standard InChI is InChI=1S/C24H31N3O2/c28-23-21-11-4-5-12-22(21)24(29)27(23)15-7-14-26-18-16-25(17-19-26)13-6-10-20-8-2-1-3-9-20/h1-6,8-10,21-22H,7,11-19H2/b10-6+. The number of hydrogen-bond acceptors (Lipinski definition) is 4. The first-order chi connectivity index (χ1) is 14.2. The molecule has 1 aliphatic carbocycles. The predicted octanol–water partition coefficient (Wildman–Crippen LogP) is 2.66. The van der Waals surface area contributed by atoms with Gasteiger partial charge < -0.3 is 4.90 Å². The summed E-state index contributed by atoms with van der Waals surface area (Å²) in [6.45, 7) is 6.75. The second-order valence-electron chi connectivity index (χ2n) is 8.29. The Balaban J connectivity index is 1.15. The fourth-order valence-electron chi connectivity index (χ4n) is 4.64. The zero-order valence-electron chi connectivity index (χ0n) is 17.1. The van der Waals surface area contributed by atoms with Crippen LogP contribution in [-0.2, 0) is 9.59 Å². The quantitative estimate of drug-likeness (QED) is 0.528. The molecule has 2 fully saturated rings. The van der Waals surface area contributed by atoms with Crippen molar-refractivity contribution in [1.29, 1.82) is 0 Å². The van der Waals surface area contributed by atoms with Crippen molar-refractivity contribution in [2.24, 2.45) is 11.8 Å². The molecule has 2 amide bonds. The van der Waals surface area contributed by atoms with Crippen molar-refractivity contribution in [3.05, 3.63) is 54.1 Å². The second kappa shape index (κ2) is 9.51. The molecule has 2 aliphatic heterocycles. The van der Waals surface area contributed by atoms with Crippen molar-refractivity contribution in [2.75, 3.05) is 45.8 Å². The van der Waals surface area contributed by atoms with Crippen LogP contribution < -0.4 is 0 Å². The van der Waals surface area contributed by atoms with Gasteiger partial charge in [-0.2, -0.15) is 0 Å². The lowest BCUT2D eigenvalue weighted by Crippen LogP contribution is -2.47. The number of amides is 2. The lowest BCUT2D eigenvalue weighted by molar-refractivity contribution is -0.140. The lowest BCUT2D eigenvalue weighted by Gasteiger charge is -2.34. The molecule has 5 heteroatoms. The number of imide groups is 1. The second-order valence-corrected chi connectivity index (χ2v) is 8.29. The van der Waals surface area contributed by atoms with E-state index in [1.807, 2.05) is 18.2 Å². The average Bonchev–Trinajstić information content (AvgIpc) is 3.01. The van der Waals surface area contributed by atoms with E-state index >= 15 is 0 Å². The van der Waals surface area contributed by atoms with Crippen LogP contribution in [0.2, 0.25) is 0 Å². The van der Waals surface area contributed by atoms with Gasteiger partial charge in [0.25, 0.3) is 0 Å². The van der Waals surface area contributed by atoms with Crippen molar-refractivity contribution in [3.8, 4) is 0 Å². The molecule has 1 aromatic rings. The zero-order valence-corrected chi connectivity index (χ0v) is 17.1. The minimum absolute atomic E-state index is 0.0550. The molecule has 154 valence electrons. The Morgan fingerprint density at radius 3 is 2.10 bits per heavy atom. The highest BCUT2D eigenvalue weighted by Gasteiger charge is 2.46. The van der Waals surface area contributed by atoms with Crippen LogP contribution in [0.3, 0.4) is 0 Å². The molecule has 4 rings (SSSR count). The van der Waals surface area contributed by atoms with Gasteiger partial charge in [-0.15, -0.1) is 0 Å². The third-order valence-corrected chi connectivity index (χ3v) is 6.39. The highest BCUT2D eigenvalue weighted by atomic mass is 16.2. The Labute approximate surface area is 173 Å². The number of fused-ring (bicyclic) bond motifs is 1. The zero-order chi connectivity index (χ0) is 20.1. The fraction of sp³-hybridized carbons (Fsp3) is 0.500. The van der Waals surface area contributed by atoms with Gasteiger partial charge in [0.2, 0.25) is 11.8 Å². The van der Waals surface area contributed by atoms with Gasteiger partial charge in [-0.1, -0.05) is 54.6 Å². The number of piperazine rings is 1. The summed E-state index contributed by atoms with van der Waals surface area (Å²) in [5.74, 6) is -0.0845. The Kier molecular flexibility index (Phi) is 6.57. The van der Waals surface area contributed by atoms with Gasteiger partial charge in [0.15, 0.2) is 0 Å². The first kappa shape index (κ1) is 20.0. The van der Waals surface area contributed by atoms with E-state index in [-0.39, 0.29) is 23.7 Å². The van der Waals surface area contributed by atoms with Crippen LogP contribution in [0.5, 0.6) is 0 Å². The normalized spacial score (nSPS) is 25.9. The molecular formula is C24H31N3O2. The first-order valence-corrected chi connectivity index (χ1v) is 10.9. The molecule has 2 saturated heterocycles. The molecule has 1 aromatic carbocycles. The number of nitrogens with zero attached hydrogens (tertiary/aromatic N) is 3. The van der Waals surface area contributed by atoms with Crippen LogP contribution in [0.15, 0.2) is 48.6 Å². The largest absolute Gasteiger partial charge is 0.301 e. The van der Waals surface area contributed by atoms with Gasteiger partial charge in [-0.3, -0.25) is 19.4 Å². The van der Waals surface area contributed by atoms with E-state index in [0.29, 0.717) is 6.54 Å². The molecule has 0 saturated carbocycles. The third-order valence-electron chi connectivity index (χ3n) is 6.39. The average molecular weight is 394 g/mol. The van der Waals surface area contributed by atoms with Crippen molar-refractivity contribution < 1.29 is 9.59 Å². The van der Waals surface area contributed by atoms with Crippen molar-refractivity contribution in [2.45, 2.75) is 19.3 Å². The molecule has 0 spiro atoms. The van der Waals surface area contributed by atoms with E-state index in [9.17, 15) is 9.59 Å². The number of likely N-dealkylation sites (tertiary alicyclic amines) is 1. The first-order valence-electron chi connectivity index (χ1n) is 10.9. The molecule has 2 heterocycles. The summed E-state index contributed by atoms with van der Waals surface area (Å²) < 4.78 is 0. The van der Waals surface area contributed by atoms with Gasteiger partial charge in [-0.25, -0.2) is 0 Å². The van der Waals surface area contributed by atoms with E-state index in [2.05, 4.69) is 46.2 Å². The molecule has 0 bridgehead atoms. The SMILES string of the molecule is O=C1C2CC=CCC2C(=O)N1CCCN1CCN(C/C=C/c2ccccc2)CC1. The maximum Gasteiger partial charge on any atom is 0.233 e. The molecule has 29 heavy (non-hydrogen) atoms. The molecule has 0 radical (unpaired) electrons. The van der Waals surface area contributed by atoms with Gasteiger partial charge >= 0.3 is 0 Å². The molecule has 0 aromatic heterocycles. The summed E-state index contributed by atoms with van der Waals surface area (Å²) >= 11 is 0. The number of hydrogen-bond donors (Lipinski definition) is 0. The number of carbonyl (C=O) groups excluding carboxylic acids is 2. The number of carbonyl (C=O) groups is 2. The van der Waals surface area contributed by atoms with Crippen molar-refractivity contribution in [3.63, 3.8) is 0 Å². The summed E-state index contributed by atoms with van der Waals surface area (Å²) in [4.78, 5) is 31.5. The number of allylic oxidation sites excluding steroid dienone is 2. The van der Waals surface area contributed by atoms with Crippen LogP contribution in [0.25, 0.3) is 6.08 Å². The van der Waals surface area contributed by atoms with Crippen LogP contribution >= 0.6 is 0 Å². The van der Waals surface area contributed by atoms with Gasteiger partial charge in [0, 0.05) is 39.3 Å². The smallest absolute Gasteiger partial charge is 0.233 e. The van der Waals surface area contributed by atoms with Gasteiger partial charge in [0.05, 0.1) is 11.8 Å². The summed E-state index contributed by atoms with van der Waals surface area (Å²) in [7, 11) is 0. The molecule has 3 aliphatic rings. The van der Waals surface area contributed by atoms with E-state index in [4.69, 9.17) is 0 Å². The maximum absolute atomic E-state index is 12.5.